The zero-order valence-electron chi connectivity index (χ0n) is 33.3. The Labute approximate surface area is 355 Å². The van der Waals surface area contributed by atoms with Crippen LogP contribution < -0.4 is 32.6 Å². The van der Waals surface area contributed by atoms with Crippen LogP contribution in [0.5, 0.6) is 0 Å². The van der Waals surface area contributed by atoms with Crippen molar-refractivity contribution < 1.29 is 28.7 Å². The van der Waals surface area contributed by atoms with Gasteiger partial charge in [-0.15, -0.1) is 0 Å². The smallest absolute Gasteiger partial charge is 0.373 e. The van der Waals surface area contributed by atoms with E-state index in [2.05, 4.69) is 59.4 Å². The monoisotopic (exact) mass is 841 g/mol. The molecule has 16 nitrogen and oxygen atoms in total. The Morgan fingerprint density at radius 2 is 1.74 bits per heavy atom. The van der Waals surface area contributed by atoms with Crippen molar-refractivity contribution >= 4 is 75.0 Å². The molecule has 1 aliphatic heterocycles. The van der Waals surface area contributed by atoms with Gasteiger partial charge in [-0.25, -0.2) is 9.97 Å². The minimum Gasteiger partial charge on any atom is -0.485 e. The van der Waals surface area contributed by atoms with Gasteiger partial charge in [0, 0.05) is 59.9 Å². The summed E-state index contributed by atoms with van der Waals surface area (Å²) in [6, 6.07) is 14.8. The Bertz CT molecular complexity index is 2590. The molecular formula is C44H43N9O7S. The molecule has 7 rings (SSSR count). The first-order chi connectivity index (χ1) is 29.4. The number of anilines is 3. The lowest BCUT2D eigenvalue weighted by molar-refractivity contribution is -0.191. The minimum atomic E-state index is -0.461. The Hall–Kier alpha value is -7.36. The molecule has 4 aromatic rings. The Kier molecular flexibility index (Phi) is 14.2. The van der Waals surface area contributed by atoms with Crippen molar-refractivity contribution in [2.24, 2.45) is 5.92 Å². The number of aromatic nitrogens is 4. The summed E-state index contributed by atoms with van der Waals surface area (Å²) in [6.45, 7) is 4.75. The third kappa shape index (κ3) is 11.4. The number of ketones is 2. The first kappa shape index (κ1) is 43.2. The van der Waals surface area contributed by atoms with Crippen molar-refractivity contribution in [3.8, 4) is 0 Å². The third-order valence-electron chi connectivity index (χ3n) is 9.90. The number of ether oxygens (including phenoxy) is 1. The number of benzene rings is 2. The van der Waals surface area contributed by atoms with Gasteiger partial charge >= 0.3 is 6.15 Å². The highest BCUT2D eigenvalue weighted by Gasteiger charge is 2.35. The fourth-order valence-electron chi connectivity index (χ4n) is 6.91. The van der Waals surface area contributed by atoms with E-state index in [0.717, 1.165) is 33.7 Å². The van der Waals surface area contributed by atoms with Crippen LogP contribution in [0.25, 0.3) is 16.7 Å². The number of nitrogen functional groups attached to an aromatic ring is 1. The molecule has 0 spiro atoms. The quantitative estimate of drug-likeness (QED) is 0.0734. The molecule has 0 radical (unpaired) electrons. The minimum absolute atomic E-state index is 0.0229. The number of aromatic amines is 1. The number of rotatable bonds is 14. The second kappa shape index (κ2) is 20.1. The Balaban J connectivity index is 0.00000201. The van der Waals surface area contributed by atoms with Crippen LogP contribution in [-0.2, 0) is 30.5 Å². The third-order valence-corrected chi connectivity index (χ3v) is 10.1. The largest absolute Gasteiger partial charge is 0.485 e. The Morgan fingerprint density at radius 1 is 1.00 bits per heavy atom. The van der Waals surface area contributed by atoms with Gasteiger partial charge in [-0.2, -0.15) is 14.6 Å². The molecule has 7 N–H and O–H groups in total. The van der Waals surface area contributed by atoms with E-state index >= 15 is 0 Å². The van der Waals surface area contributed by atoms with Crippen molar-refractivity contribution in [1.82, 2.24) is 30.6 Å². The summed E-state index contributed by atoms with van der Waals surface area (Å²) in [5.41, 5.74) is 12.2. The highest BCUT2D eigenvalue weighted by atomic mass is 32.1. The summed E-state index contributed by atoms with van der Waals surface area (Å²) >= 11 is 5.51. The van der Waals surface area contributed by atoms with Crippen LogP contribution in [0.15, 0.2) is 113 Å². The number of Topliss-reactive ketones (excluding diaryl/α,β-unsaturated/α-hetero) is 1. The van der Waals surface area contributed by atoms with Crippen LogP contribution in [0.4, 0.5) is 17.3 Å². The second-order valence-electron chi connectivity index (χ2n) is 14.5. The fraction of sp³-hybridized carbons (Fsp3) is 0.250. The van der Waals surface area contributed by atoms with E-state index in [-0.39, 0.29) is 58.8 Å². The van der Waals surface area contributed by atoms with Crippen LogP contribution in [0.2, 0.25) is 0 Å². The zero-order chi connectivity index (χ0) is 43.5. The maximum absolute atomic E-state index is 12.9. The number of thiocarbonyl (C=S) groups is 1. The number of nitrogens with one attached hydrogen (secondary N) is 5. The zero-order valence-corrected chi connectivity index (χ0v) is 34.1. The van der Waals surface area contributed by atoms with E-state index in [9.17, 15) is 19.2 Å². The molecule has 0 fully saturated rings. The molecular weight excluding hydrogens is 799 g/mol. The number of amides is 1. The van der Waals surface area contributed by atoms with Crippen LogP contribution in [0, 0.1) is 5.92 Å². The van der Waals surface area contributed by atoms with Gasteiger partial charge in [0.05, 0.1) is 18.4 Å². The fourth-order valence-corrected chi connectivity index (χ4v) is 7.13. The number of nitrogens with zero attached hydrogens (tertiary/aromatic N) is 3. The number of carbonyl (C=O) groups excluding carboxylic acids is 5. The summed E-state index contributed by atoms with van der Waals surface area (Å²) in [5.74, 6) is 0.403. The molecule has 3 aliphatic rings. The van der Waals surface area contributed by atoms with Crippen LogP contribution in [0.3, 0.4) is 0 Å². The van der Waals surface area contributed by atoms with Gasteiger partial charge in [-0.3, -0.25) is 24.2 Å². The lowest BCUT2D eigenvalue weighted by atomic mass is 9.78. The average molecular weight is 842 g/mol. The molecule has 0 bridgehead atoms. The number of allylic oxidation sites excluding steroid dienone is 5. The van der Waals surface area contributed by atoms with Crippen molar-refractivity contribution in [3.05, 3.63) is 135 Å². The highest BCUT2D eigenvalue weighted by Crippen LogP contribution is 2.44. The SMILES string of the molecule is CC1=CC2OC3=CC(=O)C=CC3=C(c3ccc(NC(=S)NCCCC(=O)CCC(C)NC(=O)c4ccc(NCc5cnc6nc(N)[nH]c(=O)c6n5)cc4)cc3)C2C=C1.O=C=O. The number of H-pyrrole nitrogens is 1. The van der Waals surface area contributed by atoms with Crippen LogP contribution in [0.1, 0.15) is 61.1 Å². The van der Waals surface area contributed by atoms with E-state index < -0.39 is 5.56 Å². The van der Waals surface area contributed by atoms with Crippen molar-refractivity contribution in [1.29, 1.82) is 0 Å². The van der Waals surface area contributed by atoms with E-state index in [1.165, 1.54) is 6.20 Å². The normalized spacial score (nSPS) is 16.6. The van der Waals surface area contributed by atoms with Crippen LogP contribution >= 0.6 is 12.2 Å². The molecule has 3 unspecified atom stereocenters. The number of fused-ring (bicyclic) bond motifs is 3. The van der Waals surface area contributed by atoms with E-state index in [4.69, 9.17) is 32.3 Å². The Morgan fingerprint density at radius 3 is 2.49 bits per heavy atom. The van der Waals surface area contributed by atoms with Gasteiger partial charge < -0.3 is 31.7 Å². The van der Waals surface area contributed by atoms with E-state index in [1.54, 1.807) is 36.4 Å². The number of nitrogens with two attached hydrogens (primary N) is 1. The van der Waals surface area contributed by atoms with Gasteiger partial charge in [0.25, 0.3) is 11.5 Å². The van der Waals surface area contributed by atoms with Crippen LogP contribution in [-0.4, -0.2) is 67.4 Å². The molecule has 312 valence electrons. The van der Waals surface area contributed by atoms with Gasteiger partial charge in [-0.1, -0.05) is 29.9 Å². The van der Waals surface area contributed by atoms with Gasteiger partial charge in [0.15, 0.2) is 22.1 Å². The lowest BCUT2D eigenvalue weighted by Gasteiger charge is -2.36. The molecule has 1 amide bonds. The average Bonchev–Trinajstić information content (AvgIpc) is 3.23. The summed E-state index contributed by atoms with van der Waals surface area (Å²) in [5, 5.41) is 13.0. The predicted octanol–water partition coefficient (Wildman–Crippen LogP) is 4.87. The molecule has 2 aromatic heterocycles. The number of hydrogen-bond acceptors (Lipinski definition) is 13. The molecule has 61 heavy (non-hydrogen) atoms. The molecule has 2 aromatic carbocycles. The standard InChI is InChI=1S/C43H43N9O5S.CO2/c1-24-5-17-33-35(20-24)57-36-21-32(54)16-18-34(36)37(33)26-7-13-29(14-8-26)50-43(58)45-19-3-4-31(53)15-6-25(2)48-40(55)27-9-11-28(12-10-27)46-22-30-23-47-39-38(49-30)41(56)52-42(44)51-39;2-1-3/h5,7-14,16-18,20-21,23,25,33,35,46H,3-4,6,15,19,22H2,1-2H3,(H,48,55)(H2,45,50,58)(H3,44,47,51,52,56);. The summed E-state index contributed by atoms with van der Waals surface area (Å²) in [4.78, 5) is 80.8. The molecule has 17 heteroatoms. The maximum Gasteiger partial charge on any atom is 0.373 e. The molecule has 0 saturated carbocycles. The molecule has 3 atom stereocenters. The molecule has 3 heterocycles. The van der Waals surface area contributed by atoms with E-state index in [0.29, 0.717) is 60.9 Å². The van der Waals surface area contributed by atoms with Gasteiger partial charge in [-0.05, 0) is 105 Å². The topological polar surface area (TPSA) is 240 Å². The first-order valence-corrected chi connectivity index (χ1v) is 19.9. The highest BCUT2D eigenvalue weighted by molar-refractivity contribution is 7.80. The second-order valence-corrected chi connectivity index (χ2v) is 14.9. The lowest BCUT2D eigenvalue weighted by Crippen LogP contribution is -2.33. The van der Waals surface area contributed by atoms with E-state index in [1.807, 2.05) is 44.2 Å². The molecule has 0 saturated heterocycles. The number of carbonyl (C=O) groups is 3. The van der Waals surface area contributed by atoms with Crippen molar-refractivity contribution in [3.63, 3.8) is 0 Å². The predicted molar refractivity (Wildman–Crippen MR) is 233 cm³/mol. The summed E-state index contributed by atoms with van der Waals surface area (Å²) in [6.07, 6.45) is 14.8. The summed E-state index contributed by atoms with van der Waals surface area (Å²) < 4.78 is 6.22. The molecule has 2 aliphatic carbocycles. The van der Waals surface area contributed by atoms with Gasteiger partial charge in [0.2, 0.25) is 5.95 Å². The number of hydrogen-bond donors (Lipinski definition) is 6. The van der Waals surface area contributed by atoms with Crippen molar-refractivity contribution in [2.75, 3.05) is 22.9 Å². The first-order valence-electron chi connectivity index (χ1n) is 19.4. The maximum atomic E-state index is 12.9. The van der Waals surface area contributed by atoms with Crippen molar-refractivity contribution in [2.45, 2.75) is 58.2 Å². The summed E-state index contributed by atoms with van der Waals surface area (Å²) in [7, 11) is 0. The van der Waals surface area contributed by atoms with Gasteiger partial charge in [0.1, 0.15) is 17.6 Å².